The van der Waals surface area contributed by atoms with E-state index in [2.05, 4.69) is 25.1 Å². The van der Waals surface area contributed by atoms with E-state index >= 15 is 0 Å². The predicted octanol–water partition coefficient (Wildman–Crippen LogP) is 2.84. The molecule has 2 aromatic heterocycles. The average Bonchev–Trinajstić information content (AvgIpc) is 3.01. The quantitative estimate of drug-likeness (QED) is 0.724. The van der Waals surface area contributed by atoms with Crippen LogP contribution in [-0.4, -0.2) is 33.3 Å². The second kappa shape index (κ2) is 5.57. The van der Waals surface area contributed by atoms with Gasteiger partial charge < -0.3 is 9.32 Å². The molecule has 23 heavy (non-hydrogen) atoms. The number of benzene rings is 1. The van der Waals surface area contributed by atoms with E-state index in [0.717, 1.165) is 42.7 Å². The summed E-state index contributed by atoms with van der Waals surface area (Å²) in [7, 11) is 0. The Morgan fingerprint density at radius 1 is 1.26 bits per heavy atom. The number of halogens is 1. The maximum Gasteiger partial charge on any atom is 0.221 e. The van der Waals surface area contributed by atoms with Crippen LogP contribution in [0, 0.1) is 12.7 Å². The highest BCUT2D eigenvalue weighted by Gasteiger charge is 2.27. The lowest BCUT2D eigenvalue weighted by Crippen LogP contribution is -2.35. The summed E-state index contributed by atoms with van der Waals surface area (Å²) in [4.78, 5) is 10.7. The van der Waals surface area contributed by atoms with E-state index < -0.39 is 0 Å². The minimum atomic E-state index is -0.283. The van der Waals surface area contributed by atoms with Crippen molar-refractivity contribution in [2.45, 2.75) is 25.7 Å². The summed E-state index contributed by atoms with van der Waals surface area (Å²) in [6, 6.07) is 4.59. The fourth-order valence-electron chi connectivity index (χ4n) is 3.12. The van der Waals surface area contributed by atoms with E-state index in [1.807, 2.05) is 0 Å². The predicted molar refractivity (Wildman–Crippen MR) is 82.7 cm³/mol. The van der Waals surface area contributed by atoms with Gasteiger partial charge >= 0.3 is 0 Å². The van der Waals surface area contributed by atoms with Crippen molar-refractivity contribution >= 4 is 16.7 Å². The summed E-state index contributed by atoms with van der Waals surface area (Å²) in [5.41, 5.74) is 0.743. The van der Waals surface area contributed by atoms with Gasteiger partial charge in [-0.25, -0.2) is 14.4 Å². The zero-order valence-electron chi connectivity index (χ0n) is 12.7. The molecule has 6 nitrogen and oxygen atoms in total. The van der Waals surface area contributed by atoms with Crippen molar-refractivity contribution in [3.05, 3.63) is 42.1 Å². The summed E-state index contributed by atoms with van der Waals surface area (Å²) < 4.78 is 19.2. The molecular weight excluding hydrogens is 297 g/mol. The molecule has 118 valence electrons. The zero-order valence-corrected chi connectivity index (χ0v) is 12.7. The van der Waals surface area contributed by atoms with Crippen LogP contribution in [0.5, 0.6) is 0 Å². The lowest BCUT2D eigenvalue weighted by Gasteiger charge is -2.32. The molecule has 7 heteroatoms. The number of piperidine rings is 1. The second-order valence-corrected chi connectivity index (χ2v) is 5.80. The average molecular weight is 313 g/mol. The lowest BCUT2D eigenvalue weighted by atomic mass is 9.97. The molecule has 3 heterocycles. The van der Waals surface area contributed by atoms with Crippen molar-refractivity contribution in [2.75, 3.05) is 18.0 Å². The number of anilines is 1. The topological polar surface area (TPSA) is 67.9 Å². The molecule has 1 aliphatic rings. The van der Waals surface area contributed by atoms with Gasteiger partial charge in [0.05, 0.1) is 11.4 Å². The van der Waals surface area contributed by atoms with Crippen LogP contribution >= 0.6 is 0 Å². The highest BCUT2D eigenvalue weighted by molar-refractivity contribution is 5.89. The number of aryl methyl sites for hydroxylation is 1. The number of hydrogen-bond acceptors (Lipinski definition) is 6. The number of hydrogen-bond donors (Lipinski definition) is 0. The maximum absolute atomic E-state index is 13.6. The Hall–Kier alpha value is -2.57. The normalized spacial score (nSPS) is 18.5. The van der Waals surface area contributed by atoms with E-state index in [0.29, 0.717) is 11.8 Å². The molecule has 0 radical (unpaired) electrons. The van der Waals surface area contributed by atoms with Crippen LogP contribution in [-0.2, 0) is 0 Å². The van der Waals surface area contributed by atoms with Gasteiger partial charge in [0.1, 0.15) is 18.0 Å². The van der Waals surface area contributed by atoms with Gasteiger partial charge in [-0.2, -0.15) is 0 Å². The van der Waals surface area contributed by atoms with Gasteiger partial charge in [0.2, 0.25) is 11.8 Å². The molecule has 4 rings (SSSR count). The number of nitrogens with zero attached hydrogens (tertiary/aromatic N) is 5. The van der Waals surface area contributed by atoms with E-state index in [-0.39, 0.29) is 11.7 Å². The second-order valence-electron chi connectivity index (χ2n) is 5.80. The van der Waals surface area contributed by atoms with Crippen LogP contribution in [0.4, 0.5) is 10.2 Å². The Morgan fingerprint density at radius 3 is 3.00 bits per heavy atom. The first-order valence-electron chi connectivity index (χ1n) is 7.66. The van der Waals surface area contributed by atoms with Gasteiger partial charge in [0, 0.05) is 25.4 Å². The van der Waals surface area contributed by atoms with Crippen LogP contribution in [0.15, 0.2) is 28.9 Å². The van der Waals surface area contributed by atoms with Crippen molar-refractivity contribution in [3.63, 3.8) is 0 Å². The van der Waals surface area contributed by atoms with Crippen molar-refractivity contribution in [3.8, 4) is 0 Å². The maximum atomic E-state index is 13.6. The molecule has 0 spiro atoms. The molecular formula is C16H16FN5O. The van der Waals surface area contributed by atoms with Crippen LogP contribution in [0.1, 0.15) is 30.5 Å². The highest BCUT2D eigenvalue weighted by Crippen LogP contribution is 2.31. The van der Waals surface area contributed by atoms with Crippen molar-refractivity contribution in [2.24, 2.45) is 0 Å². The molecule has 0 saturated carbocycles. The summed E-state index contributed by atoms with van der Waals surface area (Å²) in [6.07, 6.45) is 3.51. The highest BCUT2D eigenvalue weighted by atomic mass is 19.1. The first-order chi connectivity index (χ1) is 11.2. The molecule has 1 saturated heterocycles. The van der Waals surface area contributed by atoms with Gasteiger partial charge in [-0.15, -0.1) is 10.2 Å². The molecule has 0 amide bonds. The van der Waals surface area contributed by atoms with Gasteiger partial charge in [0.15, 0.2) is 0 Å². The molecule has 1 aromatic carbocycles. The van der Waals surface area contributed by atoms with Crippen LogP contribution < -0.4 is 4.90 Å². The Bertz CT molecular complexity index is 849. The molecule has 3 aromatic rings. The molecule has 1 fully saturated rings. The van der Waals surface area contributed by atoms with Crippen LogP contribution in [0.25, 0.3) is 10.9 Å². The molecule has 0 bridgehead atoms. The monoisotopic (exact) mass is 313 g/mol. The molecule has 0 N–H and O–H groups in total. The standard InChI is InChI=1S/C16H16FN5O/c1-10-20-21-16(23-10)11-3-2-6-22(8-11)15-13-7-12(17)4-5-14(13)18-9-19-15/h4-5,7,9,11H,2-3,6,8H2,1H3. The Labute approximate surface area is 132 Å². The third-order valence-corrected chi connectivity index (χ3v) is 4.19. The molecule has 0 aliphatic carbocycles. The smallest absolute Gasteiger partial charge is 0.221 e. The van der Waals surface area contributed by atoms with Gasteiger partial charge in [-0.3, -0.25) is 0 Å². The van der Waals surface area contributed by atoms with E-state index in [4.69, 9.17) is 4.42 Å². The minimum Gasteiger partial charge on any atom is -0.425 e. The van der Waals surface area contributed by atoms with E-state index in [1.54, 1.807) is 13.0 Å². The number of rotatable bonds is 2. The van der Waals surface area contributed by atoms with Crippen LogP contribution in [0.3, 0.4) is 0 Å². The molecule has 1 atom stereocenters. The summed E-state index contributed by atoms with van der Waals surface area (Å²) in [5, 5.41) is 8.78. The van der Waals surface area contributed by atoms with Crippen LogP contribution in [0.2, 0.25) is 0 Å². The first-order valence-corrected chi connectivity index (χ1v) is 7.66. The summed E-state index contributed by atoms with van der Waals surface area (Å²) >= 11 is 0. The van der Waals surface area contributed by atoms with Crippen molar-refractivity contribution in [1.29, 1.82) is 0 Å². The SMILES string of the molecule is Cc1nnc(C2CCCN(c3ncnc4ccc(F)cc34)C2)o1. The van der Waals surface area contributed by atoms with E-state index in [1.165, 1.54) is 18.5 Å². The third kappa shape index (κ3) is 2.62. The first kappa shape index (κ1) is 14.0. The number of fused-ring (bicyclic) bond motifs is 1. The largest absolute Gasteiger partial charge is 0.425 e. The summed E-state index contributed by atoms with van der Waals surface area (Å²) in [6.45, 7) is 3.38. The van der Waals surface area contributed by atoms with Gasteiger partial charge in [0.25, 0.3) is 0 Å². The third-order valence-electron chi connectivity index (χ3n) is 4.19. The molecule has 1 unspecified atom stereocenters. The Balaban J connectivity index is 1.69. The van der Waals surface area contributed by atoms with Gasteiger partial charge in [-0.1, -0.05) is 0 Å². The fourth-order valence-corrected chi connectivity index (χ4v) is 3.12. The fraction of sp³-hybridized carbons (Fsp3) is 0.375. The Kier molecular flexibility index (Phi) is 3.40. The summed E-state index contributed by atoms with van der Waals surface area (Å²) in [5.74, 6) is 1.89. The lowest BCUT2D eigenvalue weighted by molar-refractivity contribution is 0.387. The Morgan fingerprint density at radius 2 is 2.17 bits per heavy atom. The van der Waals surface area contributed by atoms with Crippen molar-refractivity contribution < 1.29 is 8.81 Å². The van der Waals surface area contributed by atoms with Crippen molar-refractivity contribution in [1.82, 2.24) is 20.2 Å². The molecule has 1 aliphatic heterocycles. The van der Waals surface area contributed by atoms with Gasteiger partial charge in [-0.05, 0) is 31.0 Å². The zero-order chi connectivity index (χ0) is 15.8. The minimum absolute atomic E-state index is 0.170. The number of aromatic nitrogens is 4. The van der Waals surface area contributed by atoms with E-state index in [9.17, 15) is 4.39 Å².